The molecule has 0 aromatic heterocycles. The molecule has 0 unspecified atom stereocenters. The van der Waals surface area contributed by atoms with Gasteiger partial charge in [-0.1, -0.05) is 0 Å². The summed E-state index contributed by atoms with van der Waals surface area (Å²) in [6.07, 6.45) is 0.506. The van der Waals surface area contributed by atoms with Gasteiger partial charge in [0.2, 0.25) is 0 Å². The van der Waals surface area contributed by atoms with Crippen LogP contribution >= 0.6 is 0 Å². The van der Waals surface area contributed by atoms with Crippen LogP contribution in [0.15, 0.2) is 36.4 Å². The molecule has 2 aromatic rings. The molecule has 0 spiro atoms. The monoisotopic (exact) mass is 484 g/mol. The van der Waals surface area contributed by atoms with Crippen LogP contribution < -0.4 is 14.8 Å². The molecule has 186 valence electrons. The minimum Gasteiger partial charge on any atom is -0.490 e. The molecule has 0 bridgehead atoms. The van der Waals surface area contributed by atoms with Crippen LogP contribution in [0.3, 0.4) is 0 Å². The maximum Gasteiger partial charge on any atom is 0.338 e. The quantitative estimate of drug-likeness (QED) is 0.277. The molecule has 10 heteroatoms. The first-order valence-corrected chi connectivity index (χ1v) is 11.2. The summed E-state index contributed by atoms with van der Waals surface area (Å²) in [5.74, 6) is -1.20. The van der Waals surface area contributed by atoms with Crippen molar-refractivity contribution in [2.45, 2.75) is 20.3 Å². The van der Waals surface area contributed by atoms with Gasteiger partial charge >= 0.3 is 5.97 Å². The highest BCUT2D eigenvalue weighted by Crippen LogP contribution is 2.30. The van der Waals surface area contributed by atoms with Gasteiger partial charge < -0.3 is 24.3 Å². The third kappa shape index (κ3) is 6.15. The normalized spacial score (nSPS) is 12.4. The van der Waals surface area contributed by atoms with Gasteiger partial charge in [0, 0.05) is 32.0 Å². The van der Waals surface area contributed by atoms with Crippen molar-refractivity contribution in [1.82, 2.24) is 4.90 Å². The number of amides is 3. The zero-order valence-electron chi connectivity index (χ0n) is 19.9. The van der Waals surface area contributed by atoms with E-state index in [-0.39, 0.29) is 23.2 Å². The SMILES string of the molecule is CCOc1ccc(NC(=O)COC(=O)c2ccc3c(c2)C(=O)N(CCCOC)C3=O)cc1OCC. The van der Waals surface area contributed by atoms with Gasteiger partial charge in [0.05, 0.1) is 29.9 Å². The van der Waals surface area contributed by atoms with Gasteiger partial charge in [0.15, 0.2) is 18.1 Å². The highest BCUT2D eigenvalue weighted by Gasteiger charge is 2.35. The summed E-state index contributed by atoms with van der Waals surface area (Å²) in [5.41, 5.74) is 0.871. The Bertz CT molecular complexity index is 1110. The molecule has 1 N–H and O–H groups in total. The van der Waals surface area contributed by atoms with E-state index in [9.17, 15) is 19.2 Å². The highest BCUT2D eigenvalue weighted by atomic mass is 16.5. The van der Waals surface area contributed by atoms with E-state index in [0.29, 0.717) is 43.4 Å². The second kappa shape index (κ2) is 12.0. The number of benzene rings is 2. The first-order chi connectivity index (χ1) is 16.9. The van der Waals surface area contributed by atoms with E-state index in [1.165, 1.54) is 25.3 Å². The third-order valence-corrected chi connectivity index (χ3v) is 5.10. The lowest BCUT2D eigenvalue weighted by atomic mass is 10.1. The number of methoxy groups -OCH3 is 1. The number of ether oxygens (including phenoxy) is 4. The second-order valence-corrected chi connectivity index (χ2v) is 7.52. The standard InChI is InChI=1S/C25H28N2O8/c1-4-33-20-10-8-17(14-21(20)34-5-2)26-22(28)15-35-25(31)16-7-9-18-19(13-16)24(30)27(23(18)29)11-6-12-32-3/h7-10,13-14H,4-6,11-12,15H2,1-3H3,(H,26,28). The van der Waals surface area contributed by atoms with Crippen LogP contribution in [0.5, 0.6) is 11.5 Å². The molecular formula is C25H28N2O8. The van der Waals surface area contributed by atoms with Gasteiger partial charge in [-0.2, -0.15) is 0 Å². The zero-order valence-corrected chi connectivity index (χ0v) is 19.9. The number of nitrogens with zero attached hydrogens (tertiary/aromatic N) is 1. The Labute approximate surface area is 203 Å². The molecule has 3 rings (SSSR count). The molecule has 1 aliphatic rings. The zero-order chi connectivity index (χ0) is 25.4. The second-order valence-electron chi connectivity index (χ2n) is 7.52. The van der Waals surface area contributed by atoms with Crippen LogP contribution in [0.1, 0.15) is 51.3 Å². The first-order valence-electron chi connectivity index (χ1n) is 11.2. The lowest BCUT2D eigenvalue weighted by molar-refractivity contribution is -0.119. The lowest BCUT2D eigenvalue weighted by Gasteiger charge is -2.13. The number of imide groups is 1. The minimum absolute atomic E-state index is 0.0659. The molecule has 3 amide bonds. The number of hydrogen-bond donors (Lipinski definition) is 1. The van der Waals surface area contributed by atoms with E-state index in [4.69, 9.17) is 18.9 Å². The predicted molar refractivity (Wildman–Crippen MR) is 126 cm³/mol. The molecule has 1 aliphatic heterocycles. The van der Waals surface area contributed by atoms with Crippen molar-refractivity contribution in [1.29, 1.82) is 0 Å². The van der Waals surface area contributed by atoms with Crippen molar-refractivity contribution in [2.24, 2.45) is 0 Å². The summed E-state index contributed by atoms with van der Waals surface area (Å²) >= 11 is 0. The van der Waals surface area contributed by atoms with Crippen LogP contribution in [-0.4, -0.2) is 68.7 Å². The van der Waals surface area contributed by atoms with E-state index < -0.39 is 30.3 Å². The number of hydrogen-bond acceptors (Lipinski definition) is 8. The van der Waals surface area contributed by atoms with Crippen molar-refractivity contribution >= 4 is 29.4 Å². The van der Waals surface area contributed by atoms with Crippen molar-refractivity contribution in [3.63, 3.8) is 0 Å². The first kappa shape index (κ1) is 25.7. The number of esters is 1. The number of rotatable bonds is 12. The summed E-state index contributed by atoms with van der Waals surface area (Å²) in [4.78, 5) is 51.0. The molecule has 10 nitrogen and oxygen atoms in total. The molecule has 0 radical (unpaired) electrons. The van der Waals surface area contributed by atoms with Crippen molar-refractivity contribution in [3.05, 3.63) is 53.1 Å². The van der Waals surface area contributed by atoms with Gasteiger partial charge in [0.1, 0.15) is 0 Å². The molecule has 2 aromatic carbocycles. The maximum absolute atomic E-state index is 12.6. The van der Waals surface area contributed by atoms with Gasteiger partial charge in [-0.25, -0.2) is 4.79 Å². The van der Waals surface area contributed by atoms with Gasteiger partial charge in [-0.05, 0) is 50.6 Å². The summed E-state index contributed by atoms with van der Waals surface area (Å²) in [6, 6.07) is 9.07. The Morgan fingerprint density at radius 3 is 2.34 bits per heavy atom. The van der Waals surface area contributed by atoms with E-state index in [0.717, 1.165) is 4.90 Å². The Balaban J connectivity index is 1.60. The summed E-state index contributed by atoms with van der Waals surface area (Å²) in [5, 5.41) is 2.63. The van der Waals surface area contributed by atoms with Crippen molar-refractivity contribution < 1.29 is 38.1 Å². The van der Waals surface area contributed by atoms with E-state index in [2.05, 4.69) is 5.32 Å². The van der Waals surface area contributed by atoms with E-state index in [1.807, 2.05) is 13.8 Å². The average Bonchev–Trinajstić information content (AvgIpc) is 3.09. The molecule has 0 saturated carbocycles. The van der Waals surface area contributed by atoms with Crippen LogP contribution in [0.4, 0.5) is 5.69 Å². The average molecular weight is 485 g/mol. The van der Waals surface area contributed by atoms with Gasteiger partial charge in [-0.15, -0.1) is 0 Å². The van der Waals surface area contributed by atoms with Crippen molar-refractivity contribution in [3.8, 4) is 11.5 Å². The molecule has 0 fully saturated rings. The van der Waals surface area contributed by atoms with Crippen LogP contribution in [0.25, 0.3) is 0 Å². The molecule has 0 atom stereocenters. The molecule has 0 aliphatic carbocycles. The van der Waals surface area contributed by atoms with E-state index >= 15 is 0 Å². The fourth-order valence-corrected chi connectivity index (χ4v) is 3.53. The molecular weight excluding hydrogens is 456 g/mol. The fraction of sp³-hybridized carbons (Fsp3) is 0.360. The lowest BCUT2D eigenvalue weighted by Crippen LogP contribution is -2.31. The Kier molecular flexibility index (Phi) is 8.80. The smallest absolute Gasteiger partial charge is 0.338 e. The number of fused-ring (bicyclic) bond motifs is 1. The van der Waals surface area contributed by atoms with E-state index in [1.54, 1.807) is 18.2 Å². The van der Waals surface area contributed by atoms with Gasteiger partial charge in [-0.3, -0.25) is 19.3 Å². The third-order valence-electron chi connectivity index (χ3n) is 5.10. The molecule has 1 heterocycles. The maximum atomic E-state index is 12.6. The van der Waals surface area contributed by atoms with Crippen LogP contribution in [0, 0.1) is 0 Å². The van der Waals surface area contributed by atoms with Crippen LogP contribution in [0.2, 0.25) is 0 Å². The summed E-state index contributed by atoms with van der Waals surface area (Å²) in [6.45, 7) is 4.68. The number of carbonyl (C=O) groups excluding carboxylic acids is 4. The molecule has 35 heavy (non-hydrogen) atoms. The summed E-state index contributed by atoms with van der Waals surface area (Å²) < 4.78 is 21.1. The predicted octanol–water partition coefficient (Wildman–Crippen LogP) is 2.91. The van der Waals surface area contributed by atoms with Gasteiger partial charge in [0.25, 0.3) is 17.7 Å². The Morgan fingerprint density at radius 1 is 0.914 bits per heavy atom. The highest BCUT2D eigenvalue weighted by molar-refractivity contribution is 6.22. The number of anilines is 1. The van der Waals surface area contributed by atoms with Crippen LogP contribution in [-0.2, 0) is 14.3 Å². The Hall–Kier alpha value is -3.92. The topological polar surface area (TPSA) is 120 Å². The fourth-order valence-electron chi connectivity index (χ4n) is 3.53. The summed E-state index contributed by atoms with van der Waals surface area (Å²) in [7, 11) is 1.54. The van der Waals surface area contributed by atoms with Crippen molar-refractivity contribution in [2.75, 3.05) is 45.4 Å². The number of nitrogens with one attached hydrogen (secondary N) is 1. The largest absolute Gasteiger partial charge is 0.490 e. The number of carbonyl (C=O) groups is 4. The minimum atomic E-state index is -0.789. The molecule has 0 saturated heterocycles. The Morgan fingerprint density at radius 2 is 1.63 bits per heavy atom.